The number of benzene rings is 2. The first-order valence-electron chi connectivity index (χ1n) is 9.40. The van der Waals surface area contributed by atoms with Gasteiger partial charge in [-0.15, -0.1) is 0 Å². The zero-order valence-corrected chi connectivity index (χ0v) is 17.7. The molecule has 3 N–H and O–H groups in total. The maximum absolute atomic E-state index is 12.9. The molecular weight excluding hydrogens is 439 g/mol. The van der Waals surface area contributed by atoms with Crippen molar-refractivity contribution < 1.29 is 9.59 Å². The molecule has 2 aromatic carbocycles. The smallest absolute Gasteiger partial charge is 0.273 e. The summed E-state index contributed by atoms with van der Waals surface area (Å²) in [6.45, 7) is 0.338. The minimum Gasteiger partial charge on any atom is -0.368 e. The number of hydrogen-bond acceptors (Lipinski definition) is 5. The Morgan fingerprint density at radius 2 is 1.90 bits per heavy atom. The number of amides is 2. The van der Waals surface area contributed by atoms with Crippen molar-refractivity contribution in [3.8, 4) is 0 Å². The molecule has 1 aromatic heterocycles. The Hall–Kier alpha value is -3.36. The summed E-state index contributed by atoms with van der Waals surface area (Å²) in [5, 5.41) is 13.9. The molecule has 3 aromatic rings. The predicted molar refractivity (Wildman–Crippen MR) is 120 cm³/mol. The molecule has 1 aliphatic heterocycles. The van der Waals surface area contributed by atoms with Gasteiger partial charge in [0, 0.05) is 22.5 Å². The van der Waals surface area contributed by atoms with Crippen LogP contribution in [0.4, 0.5) is 11.5 Å². The number of hydrogen-bond donors (Lipinski definition) is 2. The fourth-order valence-electron chi connectivity index (χ4n) is 3.25. The molecule has 0 aliphatic carbocycles. The molecule has 1 aliphatic rings. The number of nitrogens with zero attached hydrogens (tertiary/aromatic N) is 4. The highest BCUT2D eigenvalue weighted by atomic mass is 35.5. The highest BCUT2D eigenvalue weighted by Gasteiger charge is 2.35. The van der Waals surface area contributed by atoms with Gasteiger partial charge in [0.1, 0.15) is 17.6 Å². The van der Waals surface area contributed by atoms with Crippen molar-refractivity contribution in [2.24, 2.45) is 10.8 Å². The molecule has 1 unspecified atom stereocenters. The van der Waals surface area contributed by atoms with E-state index < -0.39 is 17.9 Å². The van der Waals surface area contributed by atoms with E-state index in [4.69, 9.17) is 28.9 Å². The number of aromatic nitrogens is 2. The topological polar surface area (TPSA) is 106 Å². The third-order valence-electron chi connectivity index (χ3n) is 4.81. The van der Waals surface area contributed by atoms with Gasteiger partial charge in [0.25, 0.3) is 5.91 Å². The number of halogens is 2. The van der Waals surface area contributed by atoms with E-state index in [1.54, 1.807) is 47.3 Å². The Labute approximate surface area is 188 Å². The van der Waals surface area contributed by atoms with E-state index in [9.17, 15) is 9.59 Å². The first-order chi connectivity index (χ1) is 14.9. The fraction of sp³-hybridized carbons (Fsp3) is 0.143. The quantitative estimate of drug-likeness (QED) is 0.593. The highest BCUT2D eigenvalue weighted by molar-refractivity contribution is 6.44. The monoisotopic (exact) mass is 456 g/mol. The minimum absolute atomic E-state index is 0.104. The number of rotatable bonds is 6. The van der Waals surface area contributed by atoms with E-state index in [2.05, 4.69) is 15.5 Å². The van der Waals surface area contributed by atoms with Crippen LogP contribution in [0.1, 0.15) is 12.0 Å². The van der Waals surface area contributed by atoms with Crippen LogP contribution >= 0.6 is 23.2 Å². The Kier molecular flexibility index (Phi) is 5.92. The third kappa shape index (κ3) is 4.55. The summed E-state index contributed by atoms with van der Waals surface area (Å²) in [5.74, 6) is -0.529. The normalized spacial score (nSPS) is 15.6. The number of hydrazone groups is 1. The van der Waals surface area contributed by atoms with E-state index in [1.807, 2.05) is 18.2 Å². The van der Waals surface area contributed by atoms with Crippen LogP contribution in [0.25, 0.3) is 0 Å². The number of nitrogens with two attached hydrogens (primary N) is 1. The van der Waals surface area contributed by atoms with Crippen LogP contribution in [-0.4, -0.2) is 33.3 Å². The summed E-state index contributed by atoms with van der Waals surface area (Å²) in [7, 11) is 0. The summed E-state index contributed by atoms with van der Waals surface area (Å²) in [4.78, 5) is 24.8. The van der Waals surface area contributed by atoms with Crippen molar-refractivity contribution >= 4 is 52.2 Å². The number of carbonyl (C=O) groups is 2. The van der Waals surface area contributed by atoms with Crippen LogP contribution in [0.15, 0.2) is 65.9 Å². The van der Waals surface area contributed by atoms with Crippen molar-refractivity contribution in [1.29, 1.82) is 0 Å². The van der Waals surface area contributed by atoms with Crippen LogP contribution in [0.5, 0.6) is 0 Å². The molecule has 1 atom stereocenters. The number of anilines is 2. The zero-order valence-electron chi connectivity index (χ0n) is 16.2. The summed E-state index contributed by atoms with van der Waals surface area (Å²) in [6, 6.07) is 15.2. The molecule has 10 heteroatoms. The Morgan fingerprint density at radius 1 is 1.13 bits per heavy atom. The van der Waals surface area contributed by atoms with E-state index >= 15 is 0 Å². The molecule has 0 radical (unpaired) electrons. The minimum atomic E-state index is -0.735. The van der Waals surface area contributed by atoms with Crippen LogP contribution in [0.3, 0.4) is 0 Å². The second-order valence-electron chi connectivity index (χ2n) is 6.91. The zero-order chi connectivity index (χ0) is 22.0. The SMILES string of the molecule is NC(=O)C1CC(C(=O)Nc2ccnn2Cc2ccc(Cl)cc2Cl)=NN1c1ccccc1. The van der Waals surface area contributed by atoms with E-state index in [1.165, 1.54) is 5.01 Å². The van der Waals surface area contributed by atoms with Crippen molar-refractivity contribution in [3.63, 3.8) is 0 Å². The number of carbonyl (C=O) groups excluding carboxylic acids is 2. The van der Waals surface area contributed by atoms with Crippen molar-refractivity contribution in [1.82, 2.24) is 9.78 Å². The van der Waals surface area contributed by atoms with Crippen molar-refractivity contribution in [2.45, 2.75) is 19.0 Å². The lowest BCUT2D eigenvalue weighted by Crippen LogP contribution is -2.39. The van der Waals surface area contributed by atoms with Gasteiger partial charge in [-0.3, -0.25) is 14.6 Å². The van der Waals surface area contributed by atoms with Gasteiger partial charge in [0.05, 0.1) is 18.4 Å². The summed E-state index contributed by atoms with van der Waals surface area (Å²) >= 11 is 12.2. The average Bonchev–Trinajstić information content (AvgIpc) is 3.38. The summed E-state index contributed by atoms with van der Waals surface area (Å²) in [6.07, 6.45) is 1.67. The number of primary amides is 1. The Balaban J connectivity index is 1.52. The van der Waals surface area contributed by atoms with Crippen LogP contribution in [0, 0.1) is 0 Å². The van der Waals surface area contributed by atoms with Gasteiger partial charge in [-0.2, -0.15) is 10.2 Å². The average molecular weight is 457 g/mol. The van der Waals surface area contributed by atoms with E-state index in [0.717, 1.165) is 5.56 Å². The first-order valence-corrected chi connectivity index (χ1v) is 10.2. The molecule has 0 fully saturated rings. The molecule has 0 spiro atoms. The Bertz CT molecular complexity index is 1160. The van der Waals surface area contributed by atoms with Crippen molar-refractivity contribution in [2.75, 3.05) is 10.3 Å². The molecule has 2 amide bonds. The van der Waals surface area contributed by atoms with Crippen molar-refractivity contribution in [3.05, 3.63) is 76.4 Å². The molecule has 2 heterocycles. The largest absolute Gasteiger partial charge is 0.368 e. The molecule has 0 saturated carbocycles. The highest BCUT2D eigenvalue weighted by Crippen LogP contribution is 2.25. The molecule has 8 nitrogen and oxygen atoms in total. The predicted octanol–water partition coefficient (Wildman–Crippen LogP) is 3.30. The maximum Gasteiger partial charge on any atom is 0.273 e. The number of nitrogens with one attached hydrogen (secondary N) is 1. The molecule has 0 saturated heterocycles. The van der Waals surface area contributed by atoms with Gasteiger partial charge >= 0.3 is 0 Å². The fourth-order valence-corrected chi connectivity index (χ4v) is 3.72. The summed E-state index contributed by atoms with van der Waals surface area (Å²) in [5.41, 5.74) is 7.21. The van der Waals surface area contributed by atoms with E-state index in [0.29, 0.717) is 28.1 Å². The molecule has 31 heavy (non-hydrogen) atoms. The molecule has 0 bridgehead atoms. The number of para-hydroxylation sites is 1. The Morgan fingerprint density at radius 3 is 2.61 bits per heavy atom. The lowest BCUT2D eigenvalue weighted by Gasteiger charge is -2.20. The lowest BCUT2D eigenvalue weighted by atomic mass is 10.1. The van der Waals surface area contributed by atoms with Gasteiger partial charge in [-0.25, -0.2) is 4.68 Å². The summed E-state index contributed by atoms with van der Waals surface area (Å²) < 4.78 is 1.60. The van der Waals surface area contributed by atoms with Gasteiger partial charge in [-0.1, -0.05) is 47.5 Å². The van der Waals surface area contributed by atoms with Gasteiger partial charge < -0.3 is 11.1 Å². The second kappa shape index (κ2) is 8.79. The van der Waals surface area contributed by atoms with Crippen LogP contribution in [-0.2, 0) is 16.1 Å². The molecule has 158 valence electrons. The van der Waals surface area contributed by atoms with E-state index in [-0.39, 0.29) is 12.1 Å². The van der Waals surface area contributed by atoms with Crippen LogP contribution < -0.4 is 16.1 Å². The lowest BCUT2D eigenvalue weighted by molar-refractivity contribution is -0.119. The standard InChI is InChI=1S/C21H18Cl2N6O2/c22-14-7-6-13(16(23)10-14)12-28-19(8-9-25-28)26-21(31)17-11-18(20(24)30)29(27-17)15-4-2-1-3-5-15/h1-10,18H,11-12H2,(H2,24,30)(H,26,31). The first kappa shape index (κ1) is 20.9. The van der Waals surface area contributed by atoms with Gasteiger partial charge in [0.15, 0.2) is 0 Å². The molecular formula is C21H18Cl2N6O2. The van der Waals surface area contributed by atoms with Gasteiger partial charge in [0.2, 0.25) is 5.91 Å². The second-order valence-corrected chi connectivity index (χ2v) is 7.76. The van der Waals surface area contributed by atoms with Crippen LogP contribution in [0.2, 0.25) is 10.0 Å². The maximum atomic E-state index is 12.9. The van der Waals surface area contributed by atoms with Gasteiger partial charge in [-0.05, 0) is 29.8 Å². The third-order valence-corrected chi connectivity index (χ3v) is 5.40. The molecule has 4 rings (SSSR count).